The molecule has 0 aliphatic carbocycles. The van der Waals surface area contributed by atoms with Gasteiger partial charge in [0.25, 0.3) is 0 Å². The number of para-hydroxylation sites is 2. The van der Waals surface area contributed by atoms with Gasteiger partial charge in [0.15, 0.2) is 0 Å². The van der Waals surface area contributed by atoms with Crippen molar-refractivity contribution in [3.63, 3.8) is 0 Å². The molecule has 1 unspecified atom stereocenters. The van der Waals surface area contributed by atoms with Crippen LogP contribution >= 0.6 is 11.6 Å². The van der Waals surface area contributed by atoms with Crippen molar-refractivity contribution in [1.29, 1.82) is 0 Å². The van der Waals surface area contributed by atoms with Crippen molar-refractivity contribution in [3.8, 4) is 0 Å². The van der Waals surface area contributed by atoms with Crippen LogP contribution in [0.15, 0.2) is 36.7 Å². The molecule has 3 rings (SSSR count). The number of fused-ring (bicyclic) bond motifs is 1. The zero-order valence-electron chi connectivity index (χ0n) is 10.9. The molecule has 0 bridgehead atoms. The Hall–Kier alpha value is -1.81. The minimum absolute atomic E-state index is 0.132. The first kappa shape index (κ1) is 12.2. The van der Waals surface area contributed by atoms with Crippen LogP contribution in [0.3, 0.4) is 0 Å². The molecule has 0 aliphatic rings. The SMILES string of the molecule is CC(Cl)c1nc2ccccc2n1Cc1nccn1C. The molecule has 4 nitrogen and oxygen atoms in total. The average Bonchev–Trinajstić information content (AvgIpc) is 2.95. The van der Waals surface area contributed by atoms with Crippen molar-refractivity contribution >= 4 is 22.6 Å². The largest absolute Gasteiger partial charge is 0.337 e. The summed E-state index contributed by atoms with van der Waals surface area (Å²) in [5, 5.41) is -0.132. The first-order chi connectivity index (χ1) is 9.16. The molecule has 0 saturated heterocycles. The monoisotopic (exact) mass is 274 g/mol. The molecule has 19 heavy (non-hydrogen) atoms. The molecule has 0 radical (unpaired) electrons. The van der Waals surface area contributed by atoms with Crippen molar-refractivity contribution in [1.82, 2.24) is 19.1 Å². The highest BCUT2D eigenvalue weighted by atomic mass is 35.5. The van der Waals surface area contributed by atoms with Gasteiger partial charge in [0.1, 0.15) is 11.6 Å². The first-order valence-corrected chi connectivity index (χ1v) is 6.66. The summed E-state index contributed by atoms with van der Waals surface area (Å²) in [5.74, 6) is 1.87. The number of nitrogens with zero attached hydrogens (tertiary/aromatic N) is 4. The summed E-state index contributed by atoms with van der Waals surface area (Å²) in [5.41, 5.74) is 2.06. The quantitative estimate of drug-likeness (QED) is 0.688. The van der Waals surface area contributed by atoms with Crippen LogP contribution in [0.4, 0.5) is 0 Å². The van der Waals surface area contributed by atoms with E-state index in [4.69, 9.17) is 11.6 Å². The number of benzene rings is 1. The van der Waals surface area contributed by atoms with Gasteiger partial charge < -0.3 is 9.13 Å². The Morgan fingerprint density at radius 1 is 1.32 bits per heavy atom. The molecule has 3 aromatic rings. The third kappa shape index (κ3) is 2.12. The van der Waals surface area contributed by atoms with Crippen molar-refractivity contribution in [3.05, 3.63) is 48.3 Å². The molecule has 2 aromatic heterocycles. The molecule has 5 heteroatoms. The fourth-order valence-corrected chi connectivity index (χ4v) is 2.42. The number of rotatable bonds is 3. The van der Waals surface area contributed by atoms with E-state index in [1.165, 1.54) is 0 Å². The number of imidazole rings is 2. The second kappa shape index (κ2) is 4.70. The molecule has 0 fully saturated rings. The predicted molar refractivity (Wildman–Crippen MR) is 76.3 cm³/mol. The minimum Gasteiger partial charge on any atom is -0.337 e. The minimum atomic E-state index is -0.132. The Morgan fingerprint density at radius 2 is 2.11 bits per heavy atom. The van der Waals surface area contributed by atoms with Gasteiger partial charge in [0.2, 0.25) is 0 Å². The Labute approximate surface area is 116 Å². The molecular formula is C14H15ClN4. The predicted octanol–water partition coefficient (Wildman–Crippen LogP) is 3.12. The van der Waals surface area contributed by atoms with Crippen LogP contribution in [0, 0.1) is 0 Å². The van der Waals surface area contributed by atoms with Gasteiger partial charge in [0.05, 0.1) is 23.0 Å². The second-order valence-corrected chi connectivity index (χ2v) is 5.27. The summed E-state index contributed by atoms with van der Waals surface area (Å²) in [6, 6.07) is 8.08. The maximum absolute atomic E-state index is 6.25. The van der Waals surface area contributed by atoms with Gasteiger partial charge in [-0.25, -0.2) is 9.97 Å². The maximum Gasteiger partial charge on any atom is 0.128 e. The maximum atomic E-state index is 6.25. The van der Waals surface area contributed by atoms with Gasteiger partial charge >= 0.3 is 0 Å². The summed E-state index contributed by atoms with van der Waals surface area (Å²) in [4.78, 5) is 8.99. The Morgan fingerprint density at radius 3 is 2.79 bits per heavy atom. The van der Waals surface area contributed by atoms with Crippen LogP contribution in [-0.2, 0) is 13.6 Å². The van der Waals surface area contributed by atoms with E-state index >= 15 is 0 Å². The van der Waals surface area contributed by atoms with Crippen molar-refractivity contribution in [2.75, 3.05) is 0 Å². The lowest BCUT2D eigenvalue weighted by Crippen LogP contribution is -2.09. The standard InChI is InChI=1S/C14H15ClN4/c1-10(15)14-17-11-5-3-4-6-12(11)19(14)9-13-16-7-8-18(13)2/h3-8,10H,9H2,1-2H3. The average molecular weight is 275 g/mol. The van der Waals surface area contributed by atoms with E-state index in [2.05, 4.69) is 20.6 Å². The van der Waals surface area contributed by atoms with Crippen LogP contribution in [0.1, 0.15) is 23.9 Å². The lowest BCUT2D eigenvalue weighted by molar-refractivity contribution is 0.677. The fourth-order valence-electron chi connectivity index (χ4n) is 2.25. The molecule has 0 saturated carbocycles. The molecule has 0 aliphatic heterocycles. The van der Waals surface area contributed by atoms with Gasteiger partial charge in [-0.2, -0.15) is 0 Å². The normalized spacial score (nSPS) is 13.0. The molecule has 2 heterocycles. The van der Waals surface area contributed by atoms with E-state index in [1.807, 2.05) is 42.9 Å². The van der Waals surface area contributed by atoms with E-state index < -0.39 is 0 Å². The number of alkyl halides is 1. The topological polar surface area (TPSA) is 35.6 Å². The molecule has 98 valence electrons. The highest BCUT2D eigenvalue weighted by Gasteiger charge is 2.15. The lowest BCUT2D eigenvalue weighted by atomic mass is 10.3. The number of aryl methyl sites for hydroxylation is 1. The Kier molecular flexibility index (Phi) is 3.03. The molecular weight excluding hydrogens is 260 g/mol. The lowest BCUT2D eigenvalue weighted by Gasteiger charge is -2.10. The highest BCUT2D eigenvalue weighted by Crippen LogP contribution is 2.25. The van der Waals surface area contributed by atoms with Crippen LogP contribution in [0.2, 0.25) is 0 Å². The fraction of sp³-hybridized carbons (Fsp3) is 0.286. The number of hydrogen-bond acceptors (Lipinski definition) is 2. The summed E-state index contributed by atoms with van der Waals surface area (Å²) in [6.07, 6.45) is 3.75. The van der Waals surface area contributed by atoms with Gasteiger partial charge in [-0.3, -0.25) is 0 Å². The van der Waals surface area contributed by atoms with Gasteiger partial charge in [-0.1, -0.05) is 12.1 Å². The van der Waals surface area contributed by atoms with Crippen LogP contribution in [0.25, 0.3) is 11.0 Å². The smallest absolute Gasteiger partial charge is 0.128 e. The Balaban J connectivity index is 2.15. The van der Waals surface area contributed by atoms with Crippen LogP contribution < -0.4 is 0 Å². The summed E-state index contributed by atoms with van der Waals surface area (Å²) in [7, 11) is 1.99. The third-order valence-electron chi connectivity index (χ3n) is 3.26. The molecule has 1 atom stereocenters. The molecule has 0 N–H and O–H groups in total. The summed E-state index contributed by atoms with van der Waals surface area (Å²) < 4.78 is 4.15. The van der Waals surface area contributed by atoms with E-state index in [0.29, 0.717) is 6.54 Å². The van der Waals surface area contributed by atoms with E-state index in [1.54, 1.807) is 6.20 Å². The third-order valence-corrected chi connectivity index (χ3v) is 3.46. The van der Waals surface area contributed by atoms with E-state index in [9.17, 15) is 0 Å². The van der Waals surface area contributed by atoms with Crippen molar-refractivity contribution in [2.24, 2.45) is 7.05 Å². The zero-order valence-corrected chi connectivity index (χ0v) is 11.7. The van der Waals surface area contributed by atoms with E-state index in [0.717, 1.165) is 22.7 Å². The summed E-state index contributed by atoms with van der Waals surface area (Å²) in [6.45, 7) is 2.62. The zero-order chi connectivity index (χ0) is 13.4. The van der Waals surface area contributed by atoms with Crippen LogP contribution in [0.5, 0.6) is 0 Å². The molecule has 0 spiro atoms. The Bertz CT molecular complexity index is 711. The highest BCUT2D eigenvalue weighted by molar-refractivity contribution is 6.20. The van der Waals surface area contributed by atoms with Crippen molar-refractivity contribution in [2.45, 2.75) is 18.8 Å². The number of halogens is 1. The second-order valence-electron chi connectivity index (χ2n) is 4.62. The van der Waals surface area contributed by atoms with Crippen LogP contribution in [-0.4, -0.2) is 19.1 Å². The number of aromatic nitrogens is 4. The molecule has 1 aromatic carbocycles. The van der Waals surface area contributed by atoms with Gasteiger partial charge in [-0.15, -0.1) is 11.6 Å². The first-order valence-electron chi connectivity index (χ1n) is 6.22. The molecule has 0 amide bonds. The van der Waals surface area contributed by atoms with E-state index in [-0.39, 0.29) is 5.38 Å². The van der Waals surface area contributed by atoms with Crippen molar-refractivity contribution < 1.29 is 0 Å². The summed E-state index contributed by atoms with van der Waals surface area (Å²) >= 11 is 6.25. The number of hydrogen-bond donors (Lipinski definition) is 0. The van der Waals surface area contributed by atoms with Gasteiger partial charge in [-0.05, 0) is 19.1 Å². The van der Waals surface area contributed by atoms with Gasteiger partial charge in [0, 0.05) is 19.4 Å².